The van der Waals surface area contributed by atoms with Gasteiger partial charge in [-0.15, -0.1) is 0 Å². The third-order valence-electron chi connectivity index (χ3n) is 2.89. The topological polar surface area (TPSA) is 73.1 Å². The van der Waals surface area contributed by atoms with Crippen molar-refractivity contribution < 1.29 is 4.74 Å². The minimum atomic E-state index is 0.529. The van der Waals surface area contributed by atoms with Gasteiger partial charge in [0.25, 0.3) is 0 Å². The van der Waals surface area contributed by atoms with Crippen LogP contribution in [-0.4, -0.2) is 16.6 Å². The molecule has 0 fully saturated rings. The number of anilines is 1. The van der Waals surface area contributed by atoms with Crippen LogP contribution in [0.4, 0.5) is 5.82 Å². The van der Waals surface area contributed by atoms with Gasteiger partial charge >= 0.3 is 0 Å². The lowest BCUT2D eigenvalue weighted by Crippen LogP contribution is -2.14. The van der Waals surface area contributed by atoms with Gasteiger partial charge in [0.15, 0.2) is 5.82 Å². The highest BCUT2D eigenvalue weighted by Gasteiger charge is 2.12. The van der Waals surface area contributed by atoms with Crippen LogP contribution in [0.3, 0.4) is 0 Å². The summed E-state index contributed by atoms with van der Waals surface area (Å²) in [6.07, 6.45) is 6.20. The molecule has 0 saturated carbocycles. The number of nitrogens with one attached hydrogen (secondary N) is 1. The summed E-state index contributed by atoms with van der Waals surface area (Å²) >= 11 is 3.37. The number of rotatable bonds is 8. The molecule has 18 heavy (non-hydrogen) atoms. The lowest BCUT2D eigenvalue weighted by molar-refractivity contribution is 0.224. The second kappa shape index (κ2) is 8.26. The van der Waals surface area contributed by atoms with Crippen LogP contribution in [0.5, 0.6) is 5.88 Å². The molecule has 0 aliphatic carbocycles. The zero-order valence-corrected chi connectivity index (χ0v) is 12.5. The van der Waals surface area contributed by atoms with Gasteiger partial charge in [-0.1, -0.05) is 33.1 Å². The summed E-state index contributed by atoms with van der Waals surface area (Å²) in [4.78, 5) is 8.08. The Labute approximate surface area is 117 Å². The zero-order chi connectivity index (χ0) is 13.4. The Morgan fingerprint density at radius 1 is 1.44 bits per heavy atom. The fourth-order valence-electron chi connectivity index (χ4n) is 1.65. The highest BCUT2D eigenvalue weighted by atomic mass is 79.9. The quantitative estimate of drug-likeness (QED) is 0.569. The predicted octanol–water partition coefficient (Wildman–Crippen LogP) is 3.12. The minimum Gasteiger partial charge on any atom is -0.476 e. The number of hydrogen-bond acceptors (Lipinski definition) is 5. The first-order valence-electron chi connectivity index (χ1n) is 6.32. The normalized spacial score (nSPS) is 12.2. The number of hydrazine groups is 1. The van der Waals surface area contributed by atoms with E-state index >= 15 is 0 Å². The predicted molar refractivity (Wildman–Crippen MR) is 76.3 cm³/mol. The van der Waals surface area contributed by atoms with Crippen LogP contribution < -0.4 is 16.0 Å². The monoisotopic (exact) mass is 316 g/mol. The Balaban J connectivity index is 2.56. The van der Waals surface area contributed by atoms with E-state index in [1.807, 2.05) is 0 Å². The number of nitrogens with two attached hydrogens (primary N) is 1. The average Bonchev–Trinajstić information content (AvgIpc) is 2.40. The van der Waals surface area contributed by atoms with Crippen molar-refractivity contribution in [3.8, 4) is 5.88 Å². The number of nitrogens with zero attached hydrogens (tertiary/aromatic N) is 2. The molecule has 0 radical (unpaired) electrons. The fraction of sp³-hybridized carbons (Fsp3) is 0.667. The fourth-order valence-corrected chi connectivity index (χ4v) is 2.08. The van der Waals surface area contributed by atoms with Gasteiger partial charge in [-0.2, -0.15) is 0 Å². The molecular weight excluding hydrogens is 296 g/mol. The van der Waals surface area contributed by atoms with Crippen molar-refractivity contribution in [2.45, 2.75) is 39.5 Å². The van der Waals surface area contributed by atoms with E-state index in [9.17, 15) is 0 Å². The Kier molecular flexibility index (Phi) is 6.97. The number of halogens is 1. The van der Waals surface area contributed by atoms with Crippen LogP contribution in [0.15, 0.2) is 10.8 Å². The van der Waals surface area contributed by atoms with Crippen LogP contribution in [0, 0.1) is 5.92 Å². The molecule has 1 aromatic heterocycles. The third-order valence-corrected chi connectivity index (χ3v) is 3.61. The first kappa shape index (κ1) is 15.2. The average molecular weight is 317 g/mol. The maximum Gasteiger partial charge on any atom is 0.233 e. The smallest absolute Gasteiger partial charge is 0.233 e. The molecule has 3 N–H and O–H groups in total. The number of ether oxygens (including phenoxy) is 1. The summed E-state index contributed by atoms with van der Waals surface area (Å²) in [5.41, 5.74) is 2.49. The molecule has 1 unspecified atom stereocenters. The SMILES string of the molecule is CCCCC(CC)COc1ncnc(NN)c1Br. The molecule has 0 amide bonds. The summed E-state index contributed by atoms with van der Waals surface area (Å²) in [5, 5.41) is 0. The van der Waals surface area contributed by atoms with Crippen molar-refractivity contribution >= 4 is 21.7 Å². The van der Waals surface area contributed by atoms with Gasteiger partial charge in [-0.05, 0) is 28.3 Å². The van der Waals surface area contributed by atoms with Crippen LogP contribution in [0.1, 0.15) is 39.5 Å². The maximum absolute atomic E-state index is 5.74. The largest absolute Gasteiger partial charge is 0.476 e. The van der Waals surface area contributed by atoms with E-state index in [2.05, 4.69) is 45.2 Å². The van der Waals surface area contributed by atoms with Gasteiger partial charge in [-0.3, -0.25) is 0 Å². The maximum atomic E-state index is 5.74. The van der Waals surface area contributed by atoms with Crippen molar-refractivity contribution in [3.05, 3.63) is 10.8 Å². The van der Waals surface area contributed by atoms with Crippen molar-refractivity contribution in [2.75, 3.05) is 12.0 Å². The molecule has 0 aromatic carbocycles. The summed E-state index contributed by atoms with van der Waals surface area (Å²) in [5.74, 6) is 6.98. The molecule has 0 saturated heterocycles. The highest BCUT2D eigenvalue weighted by Crippen LogP contribution is 2.28. The molecule has 1 aromatic rings. The minimum absolute atomic E-state index is 0.529. The van der Waals surface area contributed by atoms with Gasteiger partial charge in [-0.25, -0.2) is 15.8 Å². The van der Waals surface area contributed by atoms with Crippen LogP contribution >= 0.6 is 15.9 Å². The summed E-state index contributed by atoms with van der Waals surface area (Å²) < 4.78 is 6.40. The number of hydrogen-bond donors (Lipinski definition) is 2. The second-order valence-electron chi connectivity index (χ2n) is 4.21. The van der Waals surface area contributed by atoms with Crippen LogP contribution in [0.2, 0.25) is 0 Å². The molecular formula is C12H21BrN4O. The van der Waals surface area contributed by atoms with Crippen LogP contribution in [0.25, 0.3) is 0 Å². The van der Waals surface area contributed by atoms with E-state index in [4.69, 9.17) is 10.6 Å². The third kappa shape index (κ3) is 4.42. The summed E-state index contributed by atoms with van der Waals surface area (Å²) in [6, 6.07) is 0. The Morgan fingerprint density at radius 2 is 2.22 bits per heavy atom. The number of nitrogen functional groups attached to an aromatic ring is 1. The lowest BCUT2D eigenvalue weighted by atomic mass is 10.0. The second-order valence-corrected chi connectivity index (χ2v) is 5.01. The molecule has 6 heteroatoms. The molecule has 1 heterocycles. The number of aromatic nitrogens is 2. The first-order chi connectivity index (χ1) is 8.72. The zero-order valence-electron chi connectivity index (χ0n) is 10.9. The van der Waals surface area contributed by atoms with Gasteiger partial charge in [0.2, 0.25) is 5.88 Å². The van der Waals surface area contributed by atoms with Gasteiger partial charge in [0, 0.05) is 0 Å². The Hall–Kier alpha value is -0.880. The van der Waals surface area contributed by atoms with Crippen molar-refractivity contribution in [1.29, 1.82) is 0 Å². The van der Waals surface area contributed by atoms with E-state index in [0.717, 1.165) is 6.42 Å². The molecule has 0 aliphatic rings. The summed E-state index contributed by atoms with van der Waals surface area (Å²) in [6.45, 7) is 5.06. The van der Waals surface area contributed by atoms with E-state index in [-0.39, 0.29) is 0 Å². The van der Waals surface area contributed by atoms with Gasteiger partial charge < -0.3 is 10.2 Å². The van der Waals surface area contributed by atoms with Crippen molar-refractivity contribution in [1.82, 2.24) is 9.97 Å². The van der Waals surface area contributed by atoms with Gasteiger partial charge in [0.1, 0.15) is 10.8 Å². The van der Waals surface area contributed by atoms with Crippen molar-refractivity contribution in [2.24, 2.45) is 11.8 Å². The summed E-state index contributed by atoms with van der Waals surface area (Å²) in [7, 11) is 0. The molecule has 0 bridgehead atoms. The molecule has 1 rings (SSSR count). The Bertz CT molecular complexity index is 362. The van der Waals surface area contributed by atoms with E-state index < -0.39 is 0 Å². The molecule has 102 valence electrons. The van der Waals surface area contributed by atoms with E-state index in [0.29, 0.717) is 28.7 Å². The number of unbranched alkanes of at least 4 members (excludes halogenated alkanes) is 1. The van der Waals surface area contributed by atoms with E-state index in [1.165, 1.54) is 25.6 Å². The van der Waals surface area contributed by atoms with Crippen molar-refractivity contribution in [3.63, 3.8) is 0 Å². The standard InChI is InChI=1S/C12H21BrN4O/c1-3-5-6-9(4-2)7-18-12-10(13)11(17-14)15-8-16-12/h8-9H,3-7,14H2,1-2H3,(H,15,16,17). The van der Waals surface area contributed by atoms with E-state index in [1.54, 1.807) is 0 Å². The highest BCUT2D eigenvalue weighted by molar-refractivity contribution is 9.10. The molecule has 0 spiro atoms. The van der Waals surface area contributed by atoms with Crippen LogP contribution in [-0.2, 0) is 0 Å². The molecule has 5 nitrogen and oxygen atoms in total. The Morgan fingerprint density at radius 3 is 2.83 bits per heavy atom. The molecule has 0 aliphatic heterocycles. The molecule has 1 atom stereocenters. The van der Waals surface area contributed by atoms with Gasteiger partial charge in [0.05, 0.1) is 6.61 Å². The first-order valence-corrected chi connectivity index (χ1v) is 7.12. The lowest BCUT2D eigenvalue weighted by Gasteiger charge is -2.16.